The first-order valence-corrected chi connectivity index (χ1v) is 5.16. The average Bonchev–Trinajstić information content (AvgIpc) is 2.49. The molecule has 2 rings (SSSR count). The molecule has 2 unspecified atom stereocenters. The maximum absolute atomic E-state index is 9.76. The van der Waals surface area contributed by atoms with Gasteiger partial charge in [0.25, 0.3) is 0 Å². The minimum Gasteiger partial charge on any atom is -0.391 e. The molecule has 0 amide bonds. The zero-order valence-corrected chi connectivity index (χ0v) is 8.75. The van der Waals surface area contributed by atoms with Crippen LogP contribution in [0.3, 0.4) is 0 Å². The van der Waals surface area contributed by atoms with Crippen LogP contribution in [0.15, 0.2) is 18.2 Å². The third-order valence-corrected chi connectivity index (χ3v) is 2.79. The zero-order valence-electron chi connectivity index (χ0n) is 8.75. The summed E-state index contributed by atoms with van der Waals surface area (Å²) in [5, 5.41) is 13.1. The van der Waals surface area contributed by atoms with Crippen molar-refractivity contribution in [2.45, 2.75) is 32.4 Å². The maximum atomic E-state index is 9.76. The van der Waals surface area contributed by atoms with E-state index in [1.54, 1.807) is 0 Å². The average molecular weight is 191 g/mol. The van der Waals surface area contributed by atoms with Crippen molar-refractivity contribution in [3.63, 3.8) is 0 Å². The number of hydrogen-bond acceptors (Lipinski definition) is 2. The molecule has 76 valence electrons. The van der Waals surface area contributed by atoms with Crippen LogP contribution in [-0.4, -0.2) is 17.8 Å². The molecule has 14 heavy (non-hydrogen) atoms. The fourth-order valence-corrected chi connectivity index (χ4v) is 2.22. The van der Waals surface area contributed by atoms with Crippen LogP contribution in [0.5, 0.6) is 0 Å². The lowest BCUT2D eigenvalue weighted by atomic mass is 9.99. The minimum absolute atomic E-state index is 0.133. The zero-order chi connectivity index (χ0) is 10.1. The molecule has 1 heterocycles. The number of aliphatic hydroxyl groups excluding tert-OH is 1. The molecule has 0 aromatic heterocycles. The SMILES string of the molecule is Cc1cc(C)cc(C2NCCC2O)c1. The number of aliphatic hydroxyl groups is 1. The Hall–Kier alpha value is -0.860. The van der Waals surface area contributed by atoms with Gasteiger partial charge in [-0.3, -0.25) is 0 Å². The van der Waals surface area contributed by atoms with Crippen molar-refractivity contribution in [3.8, 4) is 0 Å². The van der Waals surface area contributed by atoms with Gasteiger partial charge in [0.1, 0.15) is 0 Å². The lowest BCUT2D eigenvalue weighted by Crippen LogP contribution is -2.21. The summed E-state index contributed by atoms with van der Waals surface area (Å²) in [6, 6.07) is 6.59. The molecule has 2 nitrogen and oxygen atoms in total. The van der Waals surface area contributed by atoms with Crippen LogP contribution in [0.25, 0.3) is 0 Å². The van der Waals surface area contributed by atoms with Crippen molar-refractivity contribution in [1.82, 2.24) is 5.32 Å². The van der Waals surface area contributed by atoms with Crippen LogP contribution in [-0.2, 0) is 0 Å². The summed E-state index contributed by atoms with van der Waals surface area (Å²) in [5.41, 5.74) is 3.74. The van der Waals surface area contributed by atoms with Crippen LogP contribution in [0.2, 0.25) is 0 Å². The summed E-state index contributed by atoms with van der Waals surface area (Å²) in [4.78, 5) is 0. The van der Waals surface area contributed by atoms with E-state index in [1.165, 1.54) is 16.7 Å². The van der Waals surface area contributed by atoms with Gasteiger partial charge in [0, 0.05) is 0 Å². The minimum atomic E-state index is -0.226. The molecular formula is C12H17NO. The van der Waals surface area contributed by atoms with Gasteiger partial charge in [-0.2, -0.15) is 0 Å². The predicted molar refractivity (Wildman–Crippen MR) is 57.3 cm³/mol. The van der Waals surface area contributed by atoms with Gasteiger partial charge in [-0.25, -0.2) is 0 Å². The summed E-state index contributed by atoms with van der Waals surface area (Å²) in [6.45, 7) is 5.11. The number of nitrogens with one attached hydrogen (secondary N) is 1. The van der Waals surface area contributed by atoms with Gasteiger partial charge in [0.2, 0.25) is 0 Å². The van der Waals surface area contributed by atoms with Crippen molar-refractivity contribution < 1.29 is 5.11 Å². The van der Waals surface area contributed by atoms with E-state index in [1.807, 2.05) is 0 Å². The molecule has 2 heteroatoms. The number of rotatable bonds is 1. The van der Waals surface area contributed by atoms with Crippen molar-refractivity contribution in [2.75, 3.05) is 6.54 Å². The van der Waals surface area contributed by atoms with Gasteiger partial charge in [-0.15, -0.1) is 0 Å². The highest BCUT2D eigenvalue weighted by molar-refractivity contribution is 5.31. The highest BCUT2D eigenvalue weighted by Crippen LogP contribution is 2.25. The topological polar surface area (TPSA) is 32.3 Å². The first-order chi connectivity index (χ1) is 6.66. The summed E-state index contributed by atoms with van der Waals surface area (Å²) < 4.78 is 0. The fourth-order valence-electron chi connectivity index (χ4n) is 2.22. The molecule has 1 aromatic carbocycles. The molecule has 2 N–H and O–H groups in total. The molecule has 1 fully saturated rings. The summed E-state index contributed by atoms with van der Waals surface area (Å²) in [5.74, 6) is 0. The number of aryl methyl sites for hydroxylation is 2. The molecule has 1 aliphatic heterocycles. The van der Waals surface area contributed by atoms with Gasteiger partial charge >= 0.3 is 0 Å². The second-order valence-corrected chi connectivity index (χ2v) is 4.21. The smallest absolute Gasteiger partial charge is 0.0747 e. The lowest BCUT2D eigenvalue weighted by molar-refractivity contribution is 0.160. The van der Waals surface area contributed by atoms with Gasteiger partial charge in [0.05, 0.1) is 12.1 Å². The Morgan fingerprint density at radius 3 is 2.36 bits per heavy atom. The monoisotopic (exact) mass is 191 g/mol. The number of hydrogen-bond donors (Lipinski definition) is 2. The molecule has 0 spiro atoms. The fraction of sp³-hybridized carbons (Fsp3) is 0.500. The maximum Gasteiger partial charge on any atom is 0.0747 e. The lowest BCUT2D eigenvalue weighted by Gasteiger charge is -2.16. The van der Waals surface area contributed by atoms with Crippen LogP contribution in [0.1, 0.15) is 29.2 Å². The van der Waals surface area contributed by atoms with Crippen LogP contribution >= 0.6 is 0 Å². The third-order valence-electron chi connectivity index (χ3n) is 2.79. The Balaban J connectivity index is 2.31. The highest BCUT2D eigenvalue weighted by atomic mass is 16.3. The molecule has 2 atom stereocenters. The van der Waals surface area contributed by atoms with E-state index in [4.69, 9.17) is 0 Å². The first kappa shape index (κ1) is 9.69. The van der Waals surface area contributed by atoms with E-state index in [0.29, 0.717) is 0 Å². The molecule has 1 aromatic rings. The second kappa shape index (κ2) is 3.71. The Kier molecular flexibility index (Phi) is 2.57. The quantitative estimate of drug-likeness (QED) is 0.708. The van der Waals surface area contributed by atoms with Crippen LogP contribution in [0.4, 0.5) is 0 Å². The van der Waals surface area contributed by atoms with Crippen LogP contribution in [0, 0.1) is 13.8 Å². The summed E-state index contributed by atoms with van der Waals surface area (Å²) in [6.07, 6.45) is 0.633. The molecular weight excluding hydrogens is 174 g/mol. The molecule has 0 aliphatic carbocycles. The Morgan fingerprint density at radius 1 is 1.21 bits per heavy atom. The Labute approximate surface area is 85.0 Å². The van der Waals surface area contributed by atoms with E-state index < -0.39 is 0 Å². The van der Waals surface area contributed by atoms with Crippen LogP contribution < -0.4 is 5.32 Å². The van der Waals surface area contributed by atoms with Gasteiger partial charge in [-0.05, 0) is 32.4 Å². The van der Waals surface area contributed by atoms with E-state index in [-0.39, 0.29) is 12.1 Å². The second-order valence-electron chi connectivity index (χ2n) is 4.21. The van der Waals surface area contributed by atoms with E-state index in [9.17, 15) is 5.11 Å². The van der Waals surface area contributed by atoms with Crippen molar-refractivity contribution >= 4 is 0 Å². The van der Waals surface area contributed by atoms with E-state index in [0.717, 1.165) is 13.0 Å². The standard InChI is InChI=1S/C12H17NO/c1-8-5-9(2)7-10(6-8)12-11(14)3-4-13-12/h5-7,11-14H,3-4H2,1-2H3. The van der Waals surface area contributed by atoms with Gasteiger partial charge in [-0.1, -0.05) is 29.3 Å². The normalized spacial score (nSPS) is 26.8. The van der Waals surface area contributed by atoms with E-state index in [2.05, 4.69) is 37.4 Å². The van der Waals surface area contributed by atoms with Gasteiger partial charge < -0.3 is 10.4 Å². The molecule has 0 bridgehead atoms. The summed E-state index contributed by atoms with van der Waals surface area (Å²) in [7, 11) is 0. The first-order valence-electron chi connectivity index (χ1n) is 5.16. The van der Waals surface area contributed by atoms with Gasteiger partial charge in [0.15, 0.2) is 0 Å². The largest absolute Gasteiger partial charge is 0.391 e. The predicted octanol–water partition coefficient (Wildman–Crippen LogP) is 1.70. The van der Waals surface area contributed by atoms with Crippen molar-refractivity contribution in [1.29, 1.82) is 0 Å². The van der Waals surface area contributed by atoms with Crippen molar-refractivity contribution in [2.24, 2.45) is 0 Å². The molecule has 0 saturated carbocycles. The third kappa shape index (κ3) is 1.81. The Morgan fingerprint density at radius 2 is 1.86 bits per heavy atom. The number of benzene rings is 1. The molecule has 1 saturated heterocycles. The highest BCUT2D eigenvalue weighted by Gasteiger charge is 2.25. The van der Waals surface area contributed by atoms with E-state index >= 15 is 0 Å². The summed E-state index contributed by atoms with van der Waals surface area (Å²) >= 11 is 0. The Bertz CT molecular complexity index is 315. The molecule has 1 aliphatic rings. The van der Waals surface area contributed by atoms with Crippen molar-refractivity contribution in [3.05, 3.63) is 34.9 Å². The molecule has 0 radical (unpaired) electrons.